The molecule has 0 saturated heterocycles. The van der Waals surface area contributed by atoms with E-state index in [0.717, 1.165) is 15.9 Å². The Balaban J connectivity index is 2.13. The number of anilines is 2. The lowest BCUT2D eigenvalue weighted by atomic mass is 10.3. The van der Waals surface area contributed by atoms with Crippen LogP contribution in [-0.4, -0.2) is 40.4 Å². The minimum Gasteiger partial charge on any atom is -0.394 e. The molecular weight excluding hydrogens is 266 g/mol. The normalized spacial score (nSPS) is 12.4. The number of carbonyl (C=O) groups excluding carboxylic acids is 1. The lowest BCUT2D eigenvalue weighted by Crippen LogP contribution is -2.22. The summed E-state index contributed by atoms with van der Waals surface area (Å²) in [5, 5.41) is 24.2. The number of hydrogen-bond donors (Lipinski definition) is 4. The molecule has 0 aliphatic carbocycles. The highest BCUT2D eigenvalue weighted by molar-refractivity contribution is 7.22. The standard InChI is InChI=1S/C12H15N3O3S/c1-7(17)14-12-15-10-4-8(2-3-11(10)19-12)13-5-9(18)6-16/h2-4,9,13,16,18H,5-6H2,1H3,(H,14,15,17). The van der Waals surface area contributed by atoms with Crippen molar-refractivity contribution in [2.75, 3.05) is 23.8 Å². The molecule has 0 saturated carbocycles. The van der Waals surface area contributed by atoms with Crippen LogP contribution in [0.4, 0.5) is 10.8 Å². The Morgan fingerprint density at radius 2 is 2.32 bits per heavy atom. The largest absolute Gasteiger partial charge is 0.394 e. The molecule has 0 aliphatic heterocycles. The number of fused-ring (bicyclic) bond motifs is 1. The van der Waals surface area contributed by atoms with E-state index in [-0.39, 0.29) is 19.1 Å². The predicted octanol–water partition coefficient (Wildman–Crippen LogP) is 1.02. The monoisotopic (exact) mass is 281 g/mol. The van der Waals surface area contributed by atoms with Gasteiger partial charge in [-0.2, -0.15) is 0 Å². The van der Waals surface area contributed by atoms with E-state index in [1.165, 1.54) is 18.3 Å². The Morgan fingerprint density at radius 1 is 1.53 bits per heavy atom. The van der Waals surface area contributed by atoms with Gasteiger partial charge in [0.25, 0.3) is 0 Å². The number of nitrogens with one attached hydrogen (secondary N) is 2. The molecule has 0 spiro atoms. The van der Waals surface area contributed by atoms with Crippen molar-refractivity contribution in [3.05, 3.63) is 18.2 Å². The second-order valence-electron chi connectivity index (χ2n) is 4.10. The van der Waals surface area contributed by atoms with Gasteiger partial charge in [-0.1, -0.05) is 11.3 Å². The SMILES string of the molecule is CC(=O)Nc1nc2cc(NCC(O)CO)ccc2s1. The number of aromatic nitrogens is 1. The number of hydrogen-bond acceptors (Lipinski definition) is 6. The molecule has 0 aliphatic rings. The number of carbonyl (C=O) groups is 1. The van der Waals surface area contributed by atoms with Gasteiger partial charge in [-0.25, -0.2) is 4.98 Å². The van der Waals surface area contributed by atoms with E-state index < -0.39 is 6.10 Å². The highest BCUT2D eigenvalue weighted by Crippen LogP contribution is 2.28. The second-order valence-corrected chi connectivity index (χ2v) is 5.13. The predicted molar refractivity (Wildman–Crippen MR) is 75.5 cm³/mol. The summed E-state index contributed by atoms with van der Waals surface area (Å²) >= 11 is 1.40. The van der Waals surface area contributed by atoms with Crippen molar-refractivity contribution in [1.29, 1.82) is 0 Å². The van der Waals surface area contributed by atoms with Gasteiger partial charge in [-0.05, 0) is 18.2 Å². The van der Waals surface area contributed by atoms with E-state index in [1.54, 1.807) is 0 Å². The molecular formula is C12H15N3O3S. The number of thiazole rings is 1. The van der Waals surface area contributed by atoms with Crippen LogP contribution in [0.5, 0.6) is 0 Å². The average Bonchev–Trinajstić information content (AvgIpc) is 2.76. The van der Waals surface area contributed by atoms with Crippen molar-refractivity contribution in [2.45, 2.75) is 13.0 Å². The molecule has 2 rings (SSSR count). The third-order valence-electron chi connectivity index (χ3n) is 2.42. The van der Waals surface area contributed by atoms with Crippen LogP contribution in [0.3, 0.4) is 0 Å². The fourth-order valence-electron chi connectivity index (χ4n) is 1.54. The van der Waals surface area contributed by atoms with Gasteiger partial charge < -0.3 is 20.8 Å². The van der Waals surface area contributed by atoms with Gasteiger partial charge in [0.15, 0.2) is 5.13 Å². The zero-order valence-electron chi connectivity index (χ0n) is 10.4. The van der Waals surface area contributed by atoms with Crippen molar-refractivity contribution >= 4 is 38.3 Å². The summed E-state index contributed by atoms with van der Waals surface area (Å²) in [6.07, 6.45) is -0.791. The molecule has 1 aromatic carbocycles. The first kappa shape index (κ1) is 13.7. The van der Waals surface area contributed by atoms with Crippen LogP contribution in [0.25, 0.3) is 10.2 Å². The first-order chi connectivity index (χ1) is 9.08. The van der Waals surface area contributed by atoms with E-state index in [0.29, 0.717) is 5.13 Å². The summed E-state index contributed by atoms with van der Waals surface area (Å²) < 4.78 is 0.969. The molecule has 102 valence electrons. The van der Waals surface area contributed by atoms with Gasteiger partial charge in [0, 0.05) is 19.2 Å². The van der Waals surface area contributed by atoms with Crippen LogP contribution in [0.2, 0.25) is 0 Å². The molecule has 1 heterocycles. The molecule has 7 heteroatoms. The maximum atomic E-state index is 11.0. The highest BCUT2D eigenvalue weighted by Gasteiger charge is 2.06. The van der Waals surface area contributed by atoms with Crippen LogP contribution in [0.1, 0.15) is 6.92 Å². The van der Waals surface area contributed by atoms with Crippen LogP contribution >= 0.6 is 11.3 Å². The first-order valence-electron chi connectivity index (χ1n) is 5.79. The summed E-state index contributed by atoms with van der Waals surface area (Å²) in [7, 11) is 0. The molecule has 1 amide bonds. The quantitative estimate of drug-likeness (QED) is 0.656. The molecule has 1 unspecified atom stereocenters. The number of aliphatic hydroxyl groups is 2. The van der Waals surface area contributed by atoms with Crippen molar-refractivity contribution in [3.8, 4) is 0 Å². The van der Waals surface area contributed by atoms with Crippen LogP contribution in [0.15, 0.2) is 18.2 Å². The molecule has 1 atom stereocenters. The van der Waals surface area contributed by atoms with Crippen molar-refractivity contribution < 1.29 is 15.0 Å². The van der Waals surface area contributed by atoms with Gasteiger partial charge >= 0.3 is 0 Å². The van der Waals surface area contributed by atoms with Gasteiger partial charge in [-0.3, -0.25) is 4.79 Å². The zero-order valence-corrected chi connectivity index (χ0v) is 11.2. The van der Waals surface area contributed by atoms with E-state index in [9.17, 15) is 9.90 Å². The Bertz CT molecular complexity index is 585. The van der Waals surface area contributed by atoms with Crippen LogP contribution in [-0.2, 0) is 4.79 Å². The van der Waals surface area contributed by atoms with Crippen molar-refractivity contribution in [1.82, 2.24) is 4.98 Å². The highest BCUT2D eigenvalue weighted by atomic mass is 32.1. The fourth-order valence-corrected chi connectivity index (χ4v) is 2.43. The van der Waals surface area contributed by atoms with Gasteiger partial charge in [-0.15, -0.1) is 0 Å². The number of nitrogens with zero attached hydrogens (tertiary/aromatic N) is 1. The third-order valence-corrected chi connectivity index (χ3v) is 3.37. The van der Waals surface area contributed by atoms with E-state index in [4.69, 9.17) is 5.11 Å². The Kier molecular flexibility index (Phi) is 4.31. The molecule has 0 bridgehead atoms. The zero-order chi connectivity index (χ0) is 13.8. The molecule has 1 aromatic heterocycles. The van der Waals surface area contributed by atoms with Crippen LogP contribution < -0.4 is 10.6 Å². The topological polar surface area (TPSA) is 94.5 Å². The Hall–Kier alpha value is -1.70. The summed E-state index contributed by atoms with van der Waals surface area (Å²) in [6.45, 7) is 1.43. The minimum absolute atomic E-state index is 0.150. The Morgan fingerprint density at radius 3 is 3.00 bits per heavy atom. The maximum absolute atomic E-state index is 11.0. The van der Waals surface area contributed by atoms with Gasteiger partial charge in [0.05, 0.1) is 22.9 Å². The number of benzene rings is 1. The summed E-state index contributed by atoms with van der Waals surface area (Å²) in [5.41, 5.74) is 1.58. The number of aliphatic hydroxyl groups excluding tert-OH is 2. The van der Waals surface area contributed by atoms with Gasteiger partial charge in [0.2, 0.25) is 5.91 Å². The molecule has 0 fully saturated rings. The van der Waals surface area contributed by atoms with Crippen molar-refractivity contribution in [2.24, 2.45) is 0 Å². The first-order valence-corrected chi connectivity index (χ1v) is 6.61. The lowest BCUT2D eigenvalue weighted by Gasteiger charge is -2.09. The summed E-state index contributed by atoms with van der Waals surface area (Å²) in [6, 6.07) is 5.59. The van der Waals surface area contributed by atoms with E-state index in [2.05, 4.69) is 15.6 Å². The Labute approximate surface area is 114 Å². The van der Waals surface area contributed by atoms with Gasteiger partial charge in [0.1, 0.15) is 0 Å². The van der Waals surface area contributed by atoms with E-state index in [1.807, 2.05) is 18.2 Å². The molecule has 6 nitrogen and oxygen atoms in total. The average molecular weight is 281 g/mol. The molecule has 2 aromatic rings. The minimum atomic E-state index is -0.791. The number of amides is 1. The summed E-state index contributed by atoms with van der Waals surface area (Å²) in [5.74, 6) is -0.150. The fraction of sp³-hybridized carbons (Fsp3) is 0.333. The second kappa shape index (κ2) is 5.96. The summed E-state index contributed by atoms with van der Waals surface area (Å²) in [4.78, 5) is 15.3. The smallest absolute Gasteiger partial charge is 0.223 e. The lowest BCUT2D eigenvalue weighted by molar-refractivity contribution is -0.114. The maximum Gasteiger partial charge on any atom is 0.223 e. The third kappa shape index (κ3) is 3.63. The molecule has 4 N–H and O–H groups in total. The molecule has 0 radical (unpaired) electrons. The number of rotatable bonds is 5. The molecule has 19 heavy (non-hydrogen) atoms. The van der Waals surface area contributed by atoms with Crippen LogP contribution in [0, 0.1) is 0 Å². The van der Waals surface area contributed by atoms with Crippen molar-refractivity contribution in [3.63, 3.8) is 0 Å². The van der Waals surface area contributed by atoms with E-state index >= 15 is 0 Å².